The Kier molecular flexibility index (Phi) is 4.41. The Morgan fingerprint density at radius 3 is 2.35 bits per heavy atom. The predicted octanol–water partition coefficient (Wildman–Crippen LogP) is 4.10. The van der Waals surface area contributed by atoms with Gasteiger partial charge in [0.1, 0.15) is 5.75 Å². The van der Waals surface area contributed by atoms with Crippen LogP contribution in [-0.2, 0) is 6.42 Å². The minimum absolute atomic E-state index is 0.00814. The van der Waals surface area contributed by atoms with Crippen molar-refractivity contribution in [2.24, 2.45) is 0 Å². The summed E-state index contributed by atoms with van der Waals surface area (Å²) in [6.45, 7) is 2.16. The minimum Gasteiger partial charge on any atom is -0.507 e. The molecule has 0 saturated carbocycles. The number of hydrogen-bond acceptors (Lipinski definition) is 2. The van der Waals surface area contributed by atoms with Gasteiger partial charge in [0.15, 0.2) is 0 Å². The number of benzene rings is 2. The summed E-state index contributed by atoms with van der Waals surface area (Å²) in [5, 5.41) is 18.8. The quantitative estimate of drug-likeness (QED) is 0.860. The molecule has 0 atom stereocenters. The lowest BCUT2D eigenvalue weighted by molar-refractivity contribution is 0.0696. The highest BCUT2D eigenvalue weighted by atomic mass is 16.4. The second kappa shape index (κ2) is 6.24. The van der Waals surface area contributed by atoms with Crippen LogP contribution in [0.1, 0.15) is 35.7 Å². The highest BCUT2D eigenvalue weighted by Gasteiger charge is 2.09. The first-order chi connectivity index (χ1) is 9.61. The lowest BCUT2D eigenvalue weighted by atomic mass is 10.00. The zero-order valence-corrected chi connectivity index (χ0v) is 11.5. The Labute approximate surface area is 118 Å². The highest BCUT2D eigenvalue weighted by Crippen LogP contribution is 2.30. The van der Waals surface area contributed by atoms with E-state index in [-0.39, 0.29) is 11.3 Å². The maximum absolute atomic E-state index is 10.8. The lowest BCUT2D eigenvalue weighted by Crippen LogP contribution is -1.95. The molecule has 0 unspecified atom stereocenters. The van der Waals surface area contributed by atoms with Crippen LogP contribution in [0.15, 0.2) is 42.5 Å². The fourth-order valence-corrected chi connectivity index (χ4v) is 2.14. The summed E-state index contributed by atoms with van der Waals surface area (Å²) in [5.74, 6) is -1.05. The average Bonchev–Trinajstić information content (AvgIpc) is 2.45. The van der Waals surface area contributed by atoms with Gasteiger partial charge in [0.25, 0.3) is 0 Å². The number of carbonyl (C=O) groups is 1. The maximum Gasteiger partial charge on any atom is 0.335 e. The molecule has 0 heterocycles. The van der Waals surface area contributed by atoms with Gasteiger partial charge < -0.3 is 10.2 Å². The van der Waals surface area contributed by atoms with E-state index in [1.807, 2.05) is 12.1 Å². The molecule has 0 aliphatic heterocycles. The molecule has 0 aromatic heterocycles. The molecule has 0 amide bonds. The summed E-state index contributed by atoms with van der Waals surface area (Å²) < 4.78 is 0. The predicted molar refractivity (Wildman–Crippen MR) is 79.1 cm³/mol. The second-order valence-electron chi connectivity index (χ2n) is 4.84. The zero-order chi connectivity index (χ0) is 14.5. The largest absolute Gasteiger partial charge is 0.507 e. The molecule has 20 heavy (non-hydrogen) atoms. The number of aromatic carboxylic acids is 1. The standard InChI is InChI=1S/C17H18O3/c1-2-3-4-12-5-7-13(8-6-12)15-10-9-14(17(19)20)11-16(15)18/h5-11,18H,2-4H2,1H3,(H,19,20). The maximum atomic E-state index is 10.8. The fraction of sp³-hybridized carbons (Fsp3) is 0.235. The van der Waals surface area contributed by atoms with Gasteiger partial charge in [0, 0.05) is 5.56 Å². The molecule has 3 heteroatoms. The summed E-state index contributed by atoms with van der Waals surface area (Å²) in [4.78, 5) is 10.8. The van der Waals surface area contributed by atoms with Gasteiger partial charge in [0.2, 0.25) is 0 Å². The number of carboxylic acid groups (broad SMARTS) is 1. The molecular formula is C17H18O3. The molecule has 0 radical (unpaired) electrons. The van der Waals surface area contributed by atoms with Crippen LogP contribution in [0.25, 0.3) is 11.1 Å². The van der Waals surface area contributed by atoms with Crippen molar-refractivity contribution in [3.63, 3.8) is 0 Å². The lowest BCUT2D eigenvalue weighted by Gasteiger charge is -2.07. The van der Waals surface area contributed by atoms with E-state index in [4.69, 9.17) is 5.11 Å². The van der Waals surface area contributed by atoms with Gasteiger partial charge in [-0.2, -0.15) is 0 Å². The molecule has 0 bridgehead atoms. The van der Waals surface area contributed by atoms with E-state index in [9.17, 15) is 9.90 Å². The molecule has 0 fully saturated rings. The Morgan fingerprint density at radius 1 is 1.10 bits per heavy atom. The van der Waals surface area contributed by atoms with E-state index in [0.29, 0.717) is 5.56 Å². The van der Waals surface area contributed by atoms with E-state index in [1.165, 1.54) is 24.1 Å². The summed E-state index contributed by atoms with van der Waals surface area (Å²) >= 11 is 0. The first kappa shape index (κ1) is 14.1. The highest BCUT2D eigenvalue weighted by molar-refractivity contribution is 5.89. The Morgan fingerprint density at radius 2 is 1.80 bits per heavy atom. The Hall–Kier alpha value is -2.29. The van der Waals surface area contributed by atoms with E-state index < -0.39 is 5.97 Å². The SMILES string of the molecule is CCCCc1ccc(-c2ccc(C(=O)O)cc2O)cc1. The van der Waals surface area contributed by atoms with Crippen LogP contribution >= 0.6 is 0 Å². The summed E-state index contributed by atoms with van der Waals surface area (Å²) in [6, 6.07) is 12.4. The van der Waals surface area contributed by atoms with E-state index in [1.54, 1.807) is 6.07 Å². The van der Waals surface area contributed by atoms with Crippen LogP contribution in [0.4, 0.5) is 0 Å². The van der Waals surface area contributed by atoms with E-state index in [0.717, 1.165) is 18.4 Å². The smallest absolute Gasteiger partial charge is 0.335 e. The van der Waals surface area contributed by atoms with Crippen molar-refractivity contribution in [3.8, 4) is 16.9 Å². The molecule has 0 spiro atoms. The molecule has 0 aliphatic rings. The number of hydrogen-bond donors (Lipinski definition) is 2. The van der Waals surface area contributed by atoms with Crippen LogP contribution in [0.5, 0.6) is 5.75 Å². The van der Waals surface area contributed by atoms with Gasteiger partial charge in [0.05, 0.1) is 5.56 Å². The van der Waals surface area contributed by atoms with Crippen molar-refractivity contribution in [1.29, 1.82) is 0 Å². The van der Waals surface area contributed by atoms with Gasteiger partial charge in [-0.1, -0.05) is 37.6 Å². The first-order valence-corrected chi connectivity index (χ1v) is 6.77. The number of aromatic hydroxyl groups is 1. The molecule has 2 N–H and O–H groups in total. The van der Waals surface area contributed by atoms with Gasteiger partial charge >= 0.3 is 5.97 Å². The minimum atomic E-state index is -1.04. The average molecular weight is 270 g/mol. The Bertz CT molecular complexity index is 600. The summed E-state index contributed by atoms with van der Waals surface area (Å²) in [5.41, 5.74) is 2.90. The summed E-state index contributed by atoms with van der Waals surface area (Å²) in [7, 11) is 0. The fourth-order valence-electron chi connectivity index (χ4n) is 2.14. The van der Waals surface area contributed by atoms with Crippen molar-refractivity contribution < 1.29 is 15.0 Å². The third-order valence-electron chi connectivity index (χ3n) is 3.33. The van der Waals surface area contributed by atoms with Gasteiger partial charge in [-0.15, -0.1) is 0 Å². The number of phenols is 1. The second-order valence-corrected chi connectivity index (χ2v) is 4.84. The monoisotopic (exact) mass is 270 g/mol. The molecule has 0 saturated heterocycles. The van der Waals surface area contributed by atoms with Crippen LogP contribution in [0.3, 0.4) is 0 Å². The van der Waals surface area contributed by atoms with E-state index in [2.05, 4.69) is 19.1 Å². The molecule has 2 aromatic rings. The third-order valence-corrected chi connectivity index (χ3v) is 3.33. The number of carboxylic acids is 1. The molecular weight excluding hydrogens is 252 g/mol. The van der Waals surface area contributed by atoms with Crippen molar-refractivity contribution in [1.82, 2.24) is 0 Å². The van der Waals surface area contributed by atoms with E-state index >= 15 is 0 Å². The van der Waals surface area contributed by atoms with Crippen molar-refractivity contribution >= 4 is 5.97 Å². The van der Waals surface area contributed by atoms with Gasteiger partial charge in [-0.3, -0.25) is 0 Å². The summed E-state index contributed by atoms with van der Waals surface area (Å²) in [6.07, 6.45) is 3.39. The first-order valence-electron chi connectivity index (χ1n) is 6.77. The number of unbranched alkanes of at least 4 members (excludes halogenated alkanes) is 1. The van der Waals surface area contributed by atoms with Gasteiger partial charge in [-0.25, -0.2) is 4.79 Å². The molecule has 0 aliphatic carbocycles. The van der Waals surface area contributed by atoms with Crippen molar-refractivity contribution in [3.05, 3.63) is 53.6 Å². The zero-order valence-electron chi connectivity index (χ0n) is 11.5. The number of aryl methyl sites for hydroxylation is 1. The molecule has 104 valence electrons. The molecule has 3 nitrogen and oxygen atoms in total. The van der Waals surface area contributed by atoms with Crippen LogP contribution in [-0.4, -0.2) is 16.2 Å². The Balaban J connectivity index is 2.25. The van der Waals surface area contributed by atoms with Crippen LogP contribution in [0.2, 0.25) is 0 Å². The molecule has 2 rings (SSSR count). The topological polar surface area (TPSA) is 57.5 Å². The van der Waals surface area contributed by atoms with Gasteiger partial charge in [-0.05, 0) is 42.2 Å². The van der Waals surface area contributed by atoms with Crippen molar-refractivity contribution in [2.45, 2.75) is 26.2 Å². The number of phenolic OH excluding ortho intramolecular Hbond substituents is 1. The van der Waals surface area contributed by atoms with Crippen molar-refractivity contribution in [2.75, 3.05) is 0 Å². The normalized spacial score (nSPS) is 10.4. The third kappa shape index (κ3) is 3.18. The number of rotatable bonds is 5. The van der Waals surface area contributed by atoms with Crippen LogP contribution < -0.4 is 0 Å². The molecule has 2 aromatic carbocycles. The van der Waals surface area contributed by atoms with Crippen LogP contribution in [0, 0.1) is 0 Å².